The highest BCUT2D eigenvalue weighted by Crippen LogP contribution is 2.28. The standard InChI is InChI=1S/C7H11F6N/c1-2-14-5(7(11,12)13)3-4-6(8,9)10/h5,14H,2-4H2,1H3. The number of halogens is 6. The minimum absolute atomic E-state index is 0.0119. The molecule has 0 fully saturated rings. The Morgan fingerprint density at radius 1 is 1.07 bits per heavy atom. The van der Waals surface area contributed by atoms with Crippen LogP contribution in [0.3, 0.4) is 0 Å². The first kappa shape index (κ1) is 13.5. The Balaban J connectivity index is 4.12. The molecule has 0 saturated heterocycles. The molecule has 0 radical (unpaired) electrons. The molecule has 1 atom stereocenters. The summed E-state index contributed by atoms with van der Waals surface area (Å²) in [6, 6.07) is -2.07. The van der Waals surface area contributed by atoms with E-state index in [1.54, 1.807) is 0 Å². The second-order valence-corrected chi connectivity index (χ2v) is 2.81. The van der Waals surface area contributed by atoms with Crippen LogP contribution in [-0.4, -0.2) is 24.9 Å². The van der Waals surface area contributed by atoms with Gasteiger partial charge < -0.3 is 5.32 Å². The number of nitrogens with one attached hydrogen (secondary N) is 1. The molecule has 1 nitrogen and oxygen atoms in total. The third-order valence-electron chi connectivity index (χ3n) is 1.56. The molecule has 0 aliphatic carbocycles. The molecule has 7 heteroatoms. The molecule has 0 aliphatic heterocycles. The van der Waals surface area contributed by atoms with Gasteiger partial charge in [0.05, 0.1) is 0 Å². The lowest BCUT2D eigenvalue weighted by molar-refractivity contribution is -0.172. The Bertz CT molecular complexity index is 161. The summed E-state index contributed by atoms with van der Waals surface area (Å²) in [5.74, 6) is 0. The van der Waals surface area contributed by atoms with Gasteiger partial charge in [0, 0.05) is 6.42 Å². The van der Waals surface area contributed by atoms with E-state index in [0.717, 1.165) is 0 Å². The maximum atomic E-state index is 12.1. The molecule has 0 amide bonds. The highest BCUT2D eigenvalue weighted by molar-refractivity contribution is 4.75. The second-order valence-electron chi connectivity index (χ2n) is 2.81. The van der Waals surface area contributed by atoms with Crippen molar-refractivity contribution in [2.75, 3.05) is 6.54 Å². The molecular weight excluding hydrogens is 212 g/mol. The molecule has 0 aromatic carbocycles. The summed E-state index contributed by atoms with van der Waals surface area (Å²) in [5, 5.41) is 1.97. The van der Waals surface area contributed by atoms with E-state index < -0.39 is 31.2 Å². The first-order chi connectivity index (χ1) is 6.17. The fraction of sp³-hybridized carbons (Fsp3) is 1.00. The zero-order chi connectivity index (χ0) is 11.4. The molecule has 0 aromatic heterocycles. The minimum atomic E-state index is -4.62. The Morgan fingerprint density at radius 3 is 1.86 bits per heavy atom. The molecule has 14 heavy (non-hydrogen) atoms. The van der Waals surface area contributed by atoms with E-state index in [4.69, 9.17) is 0 Å². The van der Waals surface area contributed by atoms with Crippen LogP contribution < -0.4 is 5.32 Å². The number of rotatable bonds is 4. The van der Waals surface area contributed by atoms with Crippen molar-refractivity contribution in [2.24, 2.45) is 0 Å². The zero-order valence-electron chi connectivity index (χ0n) is 7.47. The van der Waals surface area contributed by atoms with Crippen LogP contribution in [0.15, 0.2) is 0 Å². The van der Waals surface area contributed by atoms with Crippen LogP contribution in [0.5, 0.6) is 0 Å². The average molecular weight is 223 g/mol. The van der Waals surface area contributed by atoms with Crippen LogP contribution >= 0.6 is 0 Å². The van der Waals surface area contributed by atoms with Gasteiger partial charge in [-0.05, 0) is 13.0 Å². The van der Waals surface area contributed by atoms with Crippen LogP contribution in [0.25, 0.3) is 0 Å². The van der Waals surface area contributed by atoms with Crippen molar-refractivity contribution in [3.05, 3.63) is 0 Å². The van der Waals surface area contributed by atoms with Crippen LogP contribution in [0.4, 0.5) is 26.3 Å². The molecule has 86 valence electrons. The topological polar surface area (TPSA) is 12.0 Å². The lowest BCUT2D eigenvalue weighted by Gasteiger charge is -2.21. The van der Waals surface area contributed by atoms with E-state index in [1.165, 1.54) is 6.92 Å². The SMILES string of the molecule is CCNC(CCC(F)(F)F)C(F)(F)F. The van der Waals surface area contributed by atoms with Crippen molar-refractivity contribution >= 4 is 0 Å². The van der Waals surface area contributed by atoms with E-state index in [2.05, 4.69) is 0 Å². The van der Waals surface area contributed by atoms with E-state index >= 15 is 0 Å². The van der Waals surface area contributed by atoms with E-state index in [0.29, 0.717) is 0 Å². The molecule has 0 aliphatic rings. The predicted molar refractivity (Wildman–Crippen MR) is 38.8 cm³/mol. The normalized spacial score (nSPS) is 15.6. The Hall–Kier alpha value is -0.460. The van der Waals surface area contributed by atoms with Gasteiger partial charge in [-0.3, -0.25) is 0 Å². The smallest absolute Gasteiger partial charge is 0.306 e. The van der Waals surface area contributed by atoms with Gasteiger partial charge in [-0.1, -0.05) is 6.92 Å². The summed E-state index contributed by atoms with van der Waals surface area (Å²) < 4.78 is 71.1. The van der Waals surface area contributed by atoms with E-state index in [9.17, 15) is 26.3 Å². The van der Waals surface area contributed by atoms with Gasteiger partial charge in [-0.25, -0.2) is 0 Å². The third kappa shape index (κ3) is 6.06. The summed E-state index contributed by atoms with van der Waals surface area (Å²) in [4.78, 5) is 0. The molecule has 0 bridgehead atoms. The van der Waals surface area contributed by atoms with Crippen molar-refractivity contribution in [1.29, 1.82) is 0 Å². The maximum Gasteiger partial charge on any atom is 0.403 e. The van der Waals surface area contributed by atoms with Crippen LogP contribution in [0.1, 0.15) is 19.8 Å². The van der Waals surface area contributed by atoms with Crippen LogP contribution in [0, 0.1) is 0 Å². The second kappa shape index (κ2) is 4.86. The minimum Gasteiger partial charge on any atom is -0.306 e. The lowest BCUT2D eigenvalue weighted by Crippen LogP contribution is -2.42. The summed E-state index contributed by atoms with van der Waals surface area (Å²) in [7, 11) is 0. The first-order valence-electron chi connectivity index (χ1n) is 4.03. The summed E-state index contributed by atoms with van der Waals surface area (Å²) >= 11 is 0. The van der Waals surface area contributed by atoms with Gasteiger partial charge in [-0.15, -0.1) is 0 Å². The summed E-state index contributed by atoms with van der Waals surface area (Å²) in [6.45, 7) is 1.40. The van der Waals surface area contributed by atoms with Gasteiger partial charge in [0.1, 0.15) is 6.04 Å². The molecule has 1 N–H and O–H groups in total. The number of hydrogen-bond acceptors (Lipinski definition) is 1. The Labute approximate surface area is 77.5 Å². The summed E-state index contributed by atoms with van der Waals surface area (Å²) in [5.41, 5.74) is 0. The van der Waals surface area contributed by atoms with Gasteiger partial charge in [0.15, 0.2) is 0 Å². The predicted octanol–water partition coefficient (Wildman–Crippen LogP) is 2.87. The monoisotopic (exact) mass is 223 g/mol. The quantitative estimate of drug-likeness (QED) is 0.722. The van der Waals surface area contributed by atoms with Crippen LogP contribution in [-0.2, 0) is 0 Å². The fourth-order valence-corrected chi connectivity index (χ4v) is 0.936. The molecule has 0 heterocycles. The zero-order valence-corrected chi connectivity index (χ0v) is 7.47. The maximum absolute atomic E-state index is 12.1. The van der Waals surface area contributed by atoms with E-state index in [1.807, 2.05) is 5.32 Å². The summed E-state index contributed by atoms with van der Waals surface area (Å²) in [6.07, 6.45) is -11.6. The molecule has 0 aromatic rings. The number of alkyl halides is 6. The molecule has 0 spiro atoms. The molecule has 0 saturated carbocycles. The highest BCUT2D eigenvalue weighted by Gasteiger charge is 2.41. The third-order valence-corrected chi connectivity index (χ3v) is 1.56. The Morgan fingerprint density at radius 2 is 1.57 bits per heavy atom. The van der Waals surface area contributed by atoms with Crippen molar-refractivity contribution < 1.29 is 26.3 Å². The molecule has 1 unspecified atom stereocenters. The fourth-order valence-electron chi connectivity index (χ4n) is 0.936. The van der Waals surface area contributed by atoms with Gasteiger partial charge in [0.2, 0.25) is 0 Å². The lowest BCUT2D eigenvalue weighted by atomic mass is 10.1. The molecular formula is C7H11F6N. The molecule has 0 rings (SSSR count). The van der Waals surface area contributed by atoms with Crippen molar-refractivity contribution in [3.63, 3.8) is 0 Å². The van der Waals surface area contributed by atoms with Gasteiger partial charge in [-0.2, -0.15) is 26.3 Å². The average Bonchev–Trinajstić information content (AvgIpc) is 1.93. The highest BCUT2D eigenvalue weighted by atomic mass is 19.4. The van der Waals surface area contributed by atoms with E-state index in [-0.39, 0.29) is 6.54 Å². The number of hydrogen-bond donors (Lipinski definition) is 1. The Kier molecular flexibility index (Phi) is 4.70. The van der Waals surface area contributed by atoms with Crippen molar-refractivity contribution in [3.8, 4) is 0 Å². The first-order valence-corrected chi connectivity index (χ1v) is 4.03. The van der Waals surface area contributed by atoms with Crippen molar-refractivity contribution in [1.82, 2.24) is 5.32 Å². The van der Waals surface area contributed by atoms with Gasteiger partial charge in [0.25, 0.3) is 0 Å². The van der Waals surface area contributed by atoms with Crippen molar-refractivity contribution in [2.45, 2.75) is 38.2 Å². The van der Waals surface area contributed by atoms with Crippen LogP contribution in [0.2, 0.25) is 0 Å². The van der Waals surface area contributed by atoms with Gasteiger partial charge >= 0.3 is 12.4 Å². The largest absolute Gasteiger partial charge is 0.403 e.